The Morgan fingerprint density at radius 1 is 1.23 bits per heavy atom. The van der Waals surface area contributed by atoms with E-state index < -0.39 is 29.0 Å². The number of fused-ring (bicyclic) bond motifs is 2. The van der Waals surface area contributed by atoms with Crippen LogP contribution >= 0.6 is 0 Å². The first-order valence-electron chi connectivity index (χ1n) is 8.98. The number of carbonyl (C=O) groups is 2. The average molecular weight is 356 g/mol. The van der Waals surface area contributed by atoms with Crippen molar-refractivity contribution in [1.29, 1.82) is 0 Å². The first-order chi connectivity index (χ1) is 12.5. The second-order valence-electron chi connectivity index (χ2n) is 7.96. The van der Waals surface area contributed by atoms with Crippen LogP contribution in [0.15, 0.2) is 46.3 Å². The molecule has 5 atom stereocenters. The first kappa shape index (κ1) is 15.9. The molecule has 6 nitrogen and oxygen atoms in total. The molecule has 2 saturated heterocycles. The number of hydrogen-bond donors (Lipinski definition) is 1. The summed E-state index contributed by atoms with van der Waals surface area (Å²) in [4.78, 5) is 25.0. The maximum Gasteiger partial charge on any atom is 0.334 e. The van der Waals surface area contributed by atoms with Crippen LogP contribution in [0.2, 0.25) is 0 Å². The molecule has 4 aliphatic rings. The van der Waals surface area contributed by atoms with E-state index in [9.17, 15) is 14.7 Å². The van der Waals surface area contributed by atoms with E-state index in [1.807, 2.05) is 6.08 Å². The van der Waals surface area contributed by atoms with Gasteiger partial charge in [0, 0.05) is 22.1 Å². The Hall–Kier alpha value is -2.34. The number of aliphatic hydroxyl groups excluding tert-OH is 1. The Bertz CT molecular complexity index is 850. The lowest BCUT2D eigenvalue weighted by molar-refractivity contribution is -0.161. The zero-order chi connectivity index (χ0) is 18.1. The van der Waals surface area contributed by atoms with Crippen molar-refractivity contribution in [3.05, 3.63) is 47.5 Å². The Kier molecular flexibility index (Phi) is 3.11. The predicted molar refractivity (Wildman–Crippen MR) is 88.6 cm³/mol. The number of ether oxygens (including phenoxy) is 2. The van der Waals surface area contributed by atoms with Crippen molar-refractivity contribution < 1.29 is 28.6 Å². The minimum absolute atomic E-state index is 0.0706. The van der Waals surface area contributed by atoms with Crippen LogP contribution in [0.25, 0.3) is 0 Å². The standard InChI is InChI=1S/C20H20O6/c1-19-8-14(11-5-6-24-9-11)26-18(23)13(19)7-16(21)20-10-25-17(22)12(20)3-2-4-15(19)20/h3,5-7,9,14-16,21H,2,4,8,10H2,1H3. The third-order valence-corrected chi connectivity index (χ3v) is 6.82. The van der Waals surface area contributed by atoms with Crippen LogP contribution in [0.4, 0.5) is 0 Å². The summed E-state index contributed by atoms with van der Waals surface area (Å²) >= 11 is 0. The van der Waals surface area contributed by atoms with E-state index in [4.69, 9.17) is 13.9 Å². The van der Waals surface area contributed by atoms with Crippen LogP contribution in [0.3, 0.4) is 0 Å². The molecule has 0 bridgehead atoms. The second kappa shape index (κ2) is 5.10. The fraction of sp³-hybridized carbons (Fsp3) is 0.500. The maximum atomic E-state index is 12.8. The van der Waals surface area contributed by atoms with Gasteiger partial charge in [-0.3, -0.25) is 0 Å². The second-order valence-corrected chi connectivity index (χ2v) is 7.96. The van der Waals surface area contributed by atoms with Crippen molar-refractivity contribution in [2.45, 2.75) is 38.4 Å². The van der Waals surface area contributed by atoms with E-state index in [-0.39, 0.29) is 18.5 Å². The Labute approximate surface area is 150 Å². The molecule has 0 radical (unpaired) electrons. The van der Waals surface area contributed by atoms with Gasteiger partial charge in [-0.2, -0.15) is 0 Å². The molecule has 0 saturated carbocycles. The van der Waals surface area contributed by atoms with Crippen molar-refractivity contribution >= 4 is 11.9 Å². The molecule has 1 aromatic heterocycles. The third-order valence-electron chi connectivity index (χ3n) is 6.82. The quantitative estimate of drug-likeness (QED) is 0.778. The number of cyclic esters (lactones) is 2. The van der Waals surface area contributed by atoms with Crippen LogP contribution in [0.5, 0.6) is 0 Å². The molecule has 2 fully saturated rings. The van der Waals surface area contributed by atoms with Gasteiger partial charge in [-0.25, -0.2) is 9.59 Å². The summed E-state index contributed by atoms with van der Waals surface area (Å²) < 4.78 is 16.1. The number of hydrogen-bond acceptors (Lipinski definition) is 6. The molecule has 5 rings (SSSR count). The lowest BCUT2D eigenvalue weighted by Gasteiger charge is -2.56. The summed E-state index contributed by atoms with van der Waals surface area (Å²) in [6.45, 7) is 2.21. The molecular formula is C20H20O6. The highest BCUT2D eigenvalue weighted by Crippen LogP contribution is 2.64. The highest BCUT2D eigenvalue weighted by atomic mass is 16.5. The lowest BCUT2D eigenvalue weighted by Crippen LogP contribution is -2.57. The van der Waals surface area contributed by atoms with E-state index in [1.165, 1.54) is 0 Å². The highest BCUT2D eigenvalue weighted by Gasteiger charge is 2.66. The minimum atomic E-state index is -0.938. The normalized spacial score (nSPS) is 41.2. The molecule has 1 spiro atoms. The number of aliphatic hydroxyl groups is 1. The fourth-order valence-corrected chi connectivity index (χ4v) is 5.58. The molecule has 3 heterocycles. The summed E-state index contributed by atoms with van der Waals surface area (Å²) in [7, 11) is 0. The summed E-state index contributed by atoms with van der Waals surface area (Å²) in [5, 5.41) is 10.9. The van der Waals surface area contributed by atoms with Crippen LogP contribution < -0.4 is 0 Å². The Morgan fingerprint density at radius 3 is 2.85 bits per heavy atom. The number of allylic oxidation sites excluding steroid dienone is 1. The van der Waals surface area contributed by atoms with Gasteiger partial charge in [0.1, 0.15) is 12.7 Å². The number of furan rings is 1. The molecule has 2 aliphatic carbocycles. The van der Waals surface area contributed by atoms with Crippen LogP contribution in [-0.4, -0.2) is 29.8 Å². The maximum absolute atomic E-state index is 12.8. The summed E-state index contributed by atoms with van der Waals surface area (Å²) in [5.41, 5.74) is 0.623. The molecule has 26 heavy (non-hydrogen) atoms. The van der Waals surface area contributed by atoms with Crippen LogP contribution in [0.1, 0.15) is 37.9 Å². The van der Waals surface area contributed by atoms with Gasteiger partial charge in [-0.15, -0.1) is 0 Å². The molecule has 136 valence electrons. The van der Waals surface area contributed by atoms with Crippen LogP contribution in [-0.2, 0) is 19.1 Å². The monoisotopic (exact) mass is 356 g/mol. The molecule has 0 amide bonds. The molecule has 0 aromatic carbocycles. The third kappa shape index (κ3) is 1.80. The smallest absolute Gasteiger partial charge is 0.334 e. The topological polar surface area (TPSA) is 86.0 Å². The van der Waals surface area contributed by atoms with Gasteiger partial charge in [0.05, 0.1) is 24.0 Å². The highest BCUT2D eigenvalue weighted by molar-refractivity contribution is 5.95. The Balaban J connectivity index is 1.65. The van der Waals surface area contributed by atoms with Crippen molar-refractivity contribution in [2.75, 3.05) is 6.61 Å². The van der Waals surface area contributed by atoms with Crippen molar-refractivity contribution in [2.24, 2.45) is 16.7 Å². The summed E-state index contributed by atoms with van der Waals surface area (Å²) in [5.74, 6) is -0.821. The van der Waals surface area contributed by atoms with Gasteiger partial charge in [0.25, 0.3) is 0 Å². The van der Waals surface area contributed by atoms with Crippen molar-refractivity contribution in [3.63, 3.8) is 0 Å². The van der Waals surface area contributed by atoms with Crippen molar-refractivity contribution in [3.8, 4) is 0 Å². The van der Waals surface area contributed by atoms with E-state index in [2.05, 4.69) is 6.92 Å². The van der Waals surface area contributed by atoms with Gasteiger partial charge in [0.2, 0.25) is 0 Å². The molecule has 1 N–H and O–H groups in total. The first-order valence-corrected chi connectivity index (χ1v) is 8.98. The number of carbonyl (C=O) groups excluding carboxylic acids is 2. The van der Waals surface area contributed by atoms with Crippen molar-refractivity contribution in [1.82, 2.24) is 0 Å². The zero-order valence-corrected chi connectivity index (χ0v) is 14.4. The van der Waals surface area contributed by atoms with E-state index in [0.717, 1.165) is 18.4 Å². The van der Waals surface area contributed by atoms with E-state index in [0.29, 0.717) is 17.6 Å². The van der Waals surface area contributed by atoms with Gasteiger partial charge >= 0.3 is 11.9 Å². The molecular weight excluding hydrogens is 336 g/mol. The summed E-state index contributed by atoms with van der Waals surface area (Å²) in [6.07, 6.45) is 7.41. The predicted octanol–water partition coefficient (Wildman–Crippen LogP) is 2.45. The number of esters is 2. The van der Waals surface area contributed by atoms with E-state index >= 15 is 0 Å². The van der Waals surface area contributed by atoms with Gasteiger partial charge in [-0.1, -0.05) is 13.0 Å². The zero-order valence-electron chi connectivity index (χ0n) is 14.4. The van der Waals surface area contributed by atoms with Gasteiger partial charge < -0.3 is 19.0 Å². The fourth-order valence-electron chi connectivity index (χ4n) is 5.58. The van der Waals surface area contributed by atoms with Gasteiger partial charge in [0.15, 0.2) is 0 Å². The molecule has 5 unspecified atom stereocenters. The Morgan fingerprint density at radius 2 is 2.08 bits per heavy atom. The average Bonchev–Trinajstić information content (AvgIpc) is 3.26. The van der Waals surface area contributed by atoms with Crippen LogP contribution in [0, 0.1) is 16.7 Å². The number of rotatable bonds is 1. The largest absolute Gasteiger partial charge is 0.472 e. The van der Waals surface area contributed by atoms with Gasteiger partial charge in [-0.05, 0) is 37.3 Å². The summed E-state index contributed by atoms with van der Waals surface area (Å²) in [6, 6.07) is 1.80. The van der Waals surface area contributed by atoms with E-state index in [1.54, 1.807) is 24.7 Å². The molecule has 6 heteroatoms. The minimum Gasteiger partial charge on any atom is -0.472 e. The lowest BCUT2D eigenvalue weighted by atomic mass is 9.48. The molecule has 1 aromatic rings. The molecule has 2 aliphatic heterocycles. The SMILES string of the molecule is CC12CC(c3ccoc3)OC(=O)C1=CC(O)C13COC(=O)C1=CCCC23.